The molecule has 5 heteroatoms. The summed E-state index contributed by atoms with van der Waals surface area (Å²) in [4.78, 5) is 12.5. The summed E-state index contributed by atoms with van der Waals surface area (Å²) in [6.07, 6.45) is 1.93. The van der Waals surface area contributed by atoms with Crippen molar-refractivity contribution in [2.45, 2.75) is 4.90 Å². The fraction of sp³-hybridized carbons (Fsp3) is 0.364. The summed E-state index contributed by atoms with van der Waals surface area (Å²) in [5.41, 5.74) is 5.80. The van der Waals surface area contributed by atoms with Crippen molar-refractivity contribution >= 4 is 17.5 Å². The minimum absolute atomic E-state index is 0.0435. The molecule has 0 aliphatic carbocycles. The number of thioether (sulfide) groups is 1. The molecule has 0 saturated carbocycles. The molecule has 1 rings (SSSR count). The summed E-state index contributed by atoms with van der Waals surface area (Å²) in [5.74, 6) is 1.02. The Labute approximate surface area is 99.1 Å². The fourth-order valence-electron chi connectivity index (χ4n) is 1.36. The van der Waals surface area contributed by atoms with Crippen molar-refractivity contribution in [3.05, 3.63) is 17.7 Å². The van der Waals surface area contributed by atoms with E-state index in [-0.39, 0.29) is 12.3 Å². The summed E-state index contributed by atoms with van der Waals surface area (Å²) in [6.45, 7) is -0.0435. The molecule has 0 atom stereocenters. The Kier molecular flexibility index (Phi) is 4.64. The van der Waals surface area contributed by atoms with Crippen LogP contribution in [0.4, 0.5) is 0 Å². The molecule has 0 aromatic heterocycles. The zero-order valence-electron chi connectivity index (χ0n) is 9.57. The first-order valence-electron chi connectivity index (χ1n) is 4.71. The van der Waals surface area contributed by atoms with Crippen LogP contribution in [0, 0.1) is 0 Å². The molecule has 2 N–H and O–H groups in total. The Morgan fingerprint density at radius 2 is 1.94 bits per heavy atom. The third-order valence-corrected chi connectivity index (χ3v) is 2.95. The lowest BCUT2D eigenvalue weighted by atomic mass is 10.1. The smallest absolute Gasteiger partial charge is 0.180 e. The van der Waals surface area contributed by atoms with E-state index in [0.29, 0.717) is 17.1 Å². The molecule has 4 nitrogen and oxygen atoms in total. The van der Waals surface area contributed by atoms with E-state index in [1.807, 2.05) is 6.26 Å². The predicted octanol–water partition coefficient (Wildman–Crippen LogP) is 1.57. The number of methoxy groups -OCH3 is 2. The van der Waals surface area contributed by atoms with Crippen LogP contribution in [0.2, 0.25) is 0 Å². The van der Waals surface area contributed by atoms with E-state index in [1.165, 1.54) is 18.9 Å². The average molecular weight is 241 g/mol. The van der Waals surface area contributed by atoms with Crippen LogP contribution in [0.15, 0.2) is 17.0 Å². The Balaban J connectivity index is 3.31. The molecule has 0 saturated heterocycles. The summed E-state index contributed by atoms with van der Waals surface area (Å²) in [5, 5.41) is 0. The number of hydrogen-bond acceptors (Lipinski definition) is 5. The molecule has 0 bridgehead atoms. The summed E-state index contributed by atoms with van der Waals surface area (Å²) in [6, 6.07) is 3.45. The van der Waals surface area contributed by atoms with Crippen LogP contribution in [-0.2, 0) is 0 Å². The van der Waals surface area contributed by atoms with Gasteiger partial charge in [-0.1, -0.05) is 0 Å². The molecular weight excluding hydrogens is 226 g/mol. The van der Waals surface area contributed by atoms with Crippen LogP contribution in [0.3, 0.4) is 0 Å². The number of ketones is 1. The van der Waals surface area contributed by atoms with Crippen LogP contribution in [0.5, 0.6) is 11.5 Å². The lowest BCUT2D eigenvalue weighted by Crippen LogP contribution is -2.14. The highest BCUT2D eigenvalue weighted by atomic mass is 32.2. The van der Waals surface area contributed by atoms with E-state index in [1.54, 1.807) is 19.2 Å². The van der Waals surface area contributed by atoms with Gasteiger partial charge in [-0.2, -0.15) is 0 Å². The first kappa shape index (κ1) is 12.9. The van der Waals surface area contributed by atoms with Crippen molar-refractivity contribution in [1.29, 1.82) is 0 Å². The van der Waals surface area contributed by atoms with E-state index in [9.17, 15) is 4.79 Å². The topological polar surface area (TPSA) is 61.5 Å². The van der Waals surface area contributed by atoms with Crippen LogP contribution >= 0.6 is 11.8 Å². The Bertz CT molecular complexity index is 393. The Morgan fingerprint density at radius 1 is 1.31 bits per heavy atom. The second-order valence-electron chi connectivity index (χ2n) is 3.03. The van der Waals surface area contributed by atoms with Gasteiger partial charge >= 0.3 is 0 Å². The van der Waals surface area contributed by atoms with Crippen molar-refractivity contribution < 1.29 is 14.3 Å². The van der Waals surface area contributed by atoms with Gasteiger partial charge in [-0.3, -0.25) is 4.79 Å². The van der Waals surface area contributed by atoms with Crippen LogP contribution in [0.25, 0.3) is 0 Å². The number of ether oxygens (including phenoxy) is 2. The van der Waals surface area contributed by atoms with Crippen molar-refractivity contribution in [3.8, 4) is 11.5 Å². The first-order chi connectivity index (χ1) is 7.67. The zero-order valence-corrected chi connectivity index (χ0v) is 10.4. The minimum Gasteiger partial charge on any atom is -0.496 e. The van der Waals surface area contributed by atoms with Gasteiger partial charge in [0.2, 0.25) is 0 Å². The SMILES string of the molecule is COc1cc(C(=O)CN)c(OC)cc1SC. The zero-order chi connectivity index (χ0) is 12.1. The lowest BCUT2D eigenvalue weighted by molar-refractivity contribution is 0.0998. The van der Waals surface area contributed by atoms with Gasteiger partial charge in [0.15, 0.2) is 5.78 Å². The number of benzene rings is 1. The number of nitrogens with two attached hydrogens (primary N) is 1. The molecule has 0 heterocycles. The molecule has 0 spiro atoms. The molecule has 88 valence electrons. The van der Waals surface area contributed by atoms with Gasteiger partial charge in [0, 0.05) is 0 Å². The maximum absolute atomic E-state index is 11.6. The normalized spacial score (nSPS) is 10.0. The maximum Gasteiger partial charge on any atom is 0.180 e. The molecular formula is C11H15NO3S. The molecule has 16 heavy (non-hydrogen) atoms. The highest BCUT2D eigenvalue weighted by Crippen LogP contribution is 2.34. The summed E-state index contributed by atoms with van der Waals surface area (Å²) < 4.78 is 10.4. The molecule has 0 unspecified atom stereocenters. The first-order valence-corrected chi connectivity index (χ1v) is 5.93. The standard InChI is InChI=1S/C11H15NO3S/c1-14-9-5-11(16-3)10(15-2)4-7(9)8(13)6-12/h4-5H,6,12H2,1-3H3. The number of hydrogen-bond donors (Lipinski definition) is 1. The van der Waals surface area contributed by atoms with Crippen LogP contribution in [-0.4, -0.2) is 32.8 Å². The summed E-state index contributed by atoms with van der Waals surface area (Å²) in [7, 11) is 3.09. The predicted molar refractivity (Wildman–Crippen MR) is 64.7 cm³/mol. The monoisotopic (exact) mass is 241 g/mol. The third kappa shape index (κ3) is 2.48. The molecule has 1 aromatic rings. The molecule has 0 aliphatic heterocycles. The van der Waals surface area contributed by atoms with Crippen molar-refractivity contribution in [2.24, 2.45) is 5.73 Å². The minimum atomic E-state index is -0.164. The Morgan fingerprint density at radius 3 is 2.38 bits per heavy atom. The van der Waals surface area contributed by atoms with E-state index >= 15 is 0 Å². The average Bonchev–Trinajstić information content (AvgIpc) is 2.35. The number of rotatable bonds is 5. The van der Waals surface area contributed by atoms with Crippen molar-refractivity contribution in [2.75, 3.05) is 27.0 Å². The highest BCUT2D eigenvalue weighted by molar-refractivity contribution is 7.98. The lowest BCUT2D eigenvalue weighted by Gasteiger charge is -2.12. The van der Waals surface area contributed by atoms with Gasteiger partial charge in [0.05, 0.1) is 31.2 Å². The second kappa shape index (κ2) is 5.77. The van der Waals surface area contributed by atoms with Crippen molar-refractivity contribution in [3.63, 3.8) is 0 Å². The van der Waals surface area contributed by atoms with Crippen molar-refractivity contribution in [1.82, 2.24) is 0 Å². The summed E-state index contributed by atoms with van der Waals surface area (Å²) >= 11 is 1.53. The number of Topliss-reactive ketones (excluding diaryl/α,β-unsaturated/α-hetero) is 1. The third-order valence-electron chi connectivity index (χ3n) is 2.19. The fourth-order valence-corrected chi connectivity index (χ4v) is 1.93. The van der Waals surface area contributed by atoms with Gasteiger partial charge in [-0.15, -0.1) is 11.8 Å². The van der Waals surface area contributed by atoms with Gasteiger partial charge in [-0.25, -0.2) is 0 Å². The van der Waals surface area contributed by atoms with Gasteiger partial charge < -0.3 is 15.2 Å². The van der Waals surface area contributed by atoms with Gasteiger partial charge in [0.25, 0.3) is 0 Å². The molecule has 0 amide bonds. The van der Waals surface area contributed by atoms with Gasteiger partial charge in [0.1, 0.15) is 11.5 Å². The van der Waals surface area contributed by atoms with Crippen LogP contribution < -0.4 is 15.2 Å². The number of carbonyl (C=O) groups excluding carboxylic acids is 1. The Hall–Kier alpha value is -1.20. The van der Waals surface area contributed by atoms with E-state index in [4.69, 9.17) is 15.2 Å². The quantitative estimate of drug-likeness (QED) is 0.626. The molecule has 1 aromatic carbocycles. The second-order valence-corrected chi connectivity index (χ2v) is 3.88. The molecule has 0 radical (unpaired) electrons. The maximum atomic E-state index is 11.6. The highest BCUT2D eigenvalue weighted by Gasteiger charge is 2.15. The van der Waals surface area contributed by atoms with E-state index < -0.39 is 0 Å². The number of carbonyl (C=O) groups is 1. The van der Waals surface area contributed by atoms with E-state index in [0.717, 1.165) is 4.90 Å². The largest absolute Gasteiger partial charge is 0.496 e. The molecule has 0 fully saturated rings. The van der Waals surface area contributed by atoms with Crippen LogP contribution in [0.1, 0.15) is 10.4 Å². The van der Waals surface area contributed by atoms with Gasteiger partial charge in [-0.05, 0) is 18.4 Å². The molecule has 0 aliphatic rings. The van der Waals surface area contributed by atoms with E-state index in [2.05, 4.69) is 0 Å².